The molecule has 116 valence electrons. The summed E-state index contributed by atoms with van der Waals surface area (Å²) >= 11 is 0. The van der Waals surface area contributed by atoms with Gasteiger partial charge in [0.15, 0.2) is 0 Å². The summed E-state index contributed by atoms with van der Waals surface area (Å²) in [4.78, 5) is 11.6. The number of carbonyl (C=O) groups excluding carboxylic acids is 1. The Hall–Kier alpha value is -1.44. The molecule has 0 bridgehead atoms. The van der Waals surface area contributed by atoms with E-state index in [0.717, 1.165) is 32.4 Å². The number of hydrogen-bond donors (Lipinski definition) is 3. The number of benzene rings is 1. The average Bonchev–Trinajstić information content (AvgIpc) is 2.74. The fourth-order valence-corrected chi connectivity index (χ4v) is 3.66. The molecule has 1 unspecified atom stereocenters. The van der Waals surface area contributed by atoms with Crippen LogP contribution < -0.4 is 15.4 Å². The van der Waals surface area contributed by atoms with Crippen molar-refractivity contribution in [2.75, 3.05) is 20.1 Å². The van der Waals surface area contributed by atoms with Crippen LogP contribution in [-0.4, -0.2) is 40.5 Å². The highest BCUT2D eigenvalue weighted by Gasteiger charge is 2.21. The Bertz CT molecular complexity index is 576. The minimum atomic E-state index is -3.53. The maximum atomic E-state index is 12.3. The normalized spacial score (nSPS) is 19.8. The monoisotopic (exact) mass is 311 g/mol. The molecule has 0 aliphatic carbocycles. The van der Waals surface area contributed by atoms with Gasteiger partial charge in [0, 0.05) is 18.7 Å². The fourth-order valence-electron chi connectivity index (χ4n) is 2.35. The summed E-state index contributed by atoms with van der Waals surface area (Å²) in [6, 6.07) is 5.91. The first-order chi connectivity index (χ1) is 10.0. The summed E-state index contributed by atoms with van der Waals surface area (Å²) in [5.74, 6) is -0.234. The Balaban J connectivity index is 2.09. The predicted octanol–water partition coefficient (Wildman–Crippen LogP) is 0.467. The molecular weight excluding hydrogens is 290 g/mol. The van der Waals surface area contributed by atoms with Crippen molar-refractivity contribution in [2.24, 2.45) is 0 Å². The third-order valence-electron chi connectivity index (χ3n) is 3.55. The van der Waals surface area contributed by atoms with Crippen molar-refractivity contribution in [1.82, 2.24) is 15.4 Å². The standard InChI is InChI=1S/C14H21N3O3S/c1-15-14(18)11-4-6-13(7-5-11)21(19,20)17-12-3-2-9-16-10-8-12/h4-7,12,16-17H,2-3,8-10H2,1H3,(H,15,18). The Morgan fingerprint density at radius 1 is 1.19 bits per heavy atom. The van der Waals surface area contributed by atoms with Gasteiger partial charge in [-0.15, -0.1) is 0 Å². The van der Waals surface area contributed by atoms with Gasteiger partial charge in [0.2, 0.25) is 10.0 Å². The molecule has 6 nitrogen and oxygen atoms in total. The van der Waals surface area contributed by atoms with Gasteiger partial charge in [-0.25, -0.2) is 13.1 Å². The second-order valence-electron chi connectivity index (χ2n) is 5.10. The predicted molar refractivity (Wildman–Crippen MR) is 80.7 cm³/mol. The second-order valence-corrected chi connectivity index (χ2v) is 6.82. The first-order valence-electron chi connectivity index (χ1n) is 7.08. The molecule has 2 rings (SSSR count). The maximum absolute atomic E-state index is 12.3. The minimum Gasteiger partial charge on any atom is -0.355 e. The zero-order valence-corrected chi connectivity index (χ0v) is 12.9. The van der Waals surface area contributed by atoms with E-state index >= 15 is 0 Å². The lowest BCUT2D eigenvalue weighted by atomic mass is 10.1. The van der Waals surface area contributed by atoms with Crippen LogP contribution in [0.5, 0.6) is 0 Å². The van der Waals surface area contributed by atoms with Gasteiger partial charge in [-0.05, 0) is 56.6 Å². The Kier molecular flexibility index (Phi) is 5.33. The lowest BCUT2D eigenvalue weighted by Gasteiger charge is -2.16. The van der Waals surface area contributed by atoms with Crippen LogP contribution in [0.2, 0.25) is 0 Å². The van der Waals surface area contributed by atoms with Gasteiger partial charge >= 0.3 is 0 Å². The van der Waals surface area contributed by atoms with Crippen molar-refractivity contribution in [1.29, 1.82) is 0 Å². The Labute approximate surface area is 125 Å². The molecule has 1 heterocycles. The first-order valence-corrected chi connectivity index (χ1v) is 8.56. The number of amides is 1. The number of carbonyl (C=O) groups is 1. The zero-order valence-electron chi connectivity index (χ0n) is 12.1. The van der Waals surface area contributed by atoms with E-state index < -0.39 is 10.0 Å². The fraction of sp³-hybridized carbons (Fsp3) is 0.500. The average molecular weight is 311 g/mol. The van der Waals surface area contributed by atoms with E-state index in [4.69, 9.17) is 0 Å². The summed E-state index contributed by atoms with van der Waals surface area (Å²) in [6.45, 7) is 1.75. The first kappa shape index (κ1) is 15.9. The van der Waals surface area contributed by atoms with Crippen LogP contribution in [0.3, 0.4) is 0 Å². The third-order valence-corrected chi connectivity index (χ3v) is 5.09. The van der Waals surface area contributed by atoms with E-state index in [2.05, 4.69) is 15.4 Å². The van der Waals surface area contributed by atoms with Gasteiger partial charge in [0.25, 0.3) is 5.91 Å². The lowest BCUT2D eigenvalue weighted by molar-refractivity contribution is 0.0963. The van der Waals surface area contributed by atoms with Crippen molar-refractivity contribution in [2.45, 2.75) is 30.2 Å². The van der Waals surface area contributed by atoms with E-state index in [9.17, 15) is 13.2 Å². The molecule has 1 atom stereocenters. The number of nitrogens with one attached hydrogen (secondary N) is 3. The summed E-state index contributed by atoms with van der Waals surface area (Å²) < 4.78 is 27.4. The van der Waals surface area contributed by atoms with Gasteiger partial charge in [-0.3, -0.25) is 4.79 Å². The van der Waals surface area contributed by atoms with E-state index in [1.807, 2.05) is 0 Å². The van der Waals surface area contributed by atoms with Crippen LogP contribution in [0, 0.1) is 0 Å². The molecule has 3 N–H and O–H groups in total. The molecule has 0 spiro atoms. The van der Waals surface area contributed by atoms with Gasteiger partial charge in [0.05, 0.1) is 4.90 Å². The van der Waals surface area contributed by atoms with Crippen molar-refractivity contribution >= 4 is 15.9 Å². The minimum absolute atomic E-state index is 0.0383. The molecular formula is C14H21N3O3S. The van der Waals surface area contributed by atoms with E-state index in [0.29, 0.717) is 5.56 Å². The molecule has 7 heteroatoms. The summed E-state index contributed by atoms with van der Waals surface area (Å²) in [6.07, 6.45) is 2.58. The van der Waals surface area contributed by atoms with Gasteiger partial charge in [-0.2, -0.15) is 0 Å². The highest BCUT2D eigenvalue weighted by Crippen LogP contribution is 2.14. The third kappa shape index (κ3) is 4.26. The van der Waals surface area contributed by atoms with Crippen LogP contribution in [-0.2, 0) is 10.0 Å². The summed E-state index contributed by atoms with van der Waals surface area (Å²) in [7, 11) is -2.00. The SMILES string of the molecule is CNC(=O)c1ccc(S(=O)(=O)NC2CCCNCC2)cc1. The number of rotatable bonds is 4. The zero-order chi connectivity index (χ0) is 15.3. The van der Waals surface area contributed by atoms with Gasteiger partial charge < -0.3 is 10.6 Å². The highest BCUT2D eigenvalue weighted by molar-refractivity contribution is 7.89. The molecule has 1 fully saturated rings. The molecule has 1 saturated heterocycles. The van der Waals surface area contributed by atoms with Gasteiger partial charge in [0.1, 0.15) is 0 Å². The Morgan fingerprint density at radius 2 is 1.90 bits per heavy atom. The van der Waals surface area contributed by atoms with Crippen molar-refractivity contribution in [3.8, 4) is 0 Å². The van der Waals surface area contributed by atoms with Crippen LogP contribution >= 0.6 is 0 Å². The smallest absolute Gasteiger partial charge is 0.251 e. The molecule has 21 heavy (non-hydrogen) atoms. The molecule has 0 saturated carbocycles. The molecule has 1 aliphatic heterocycles. The van der Waals surface area contributed by atoms with Crippen LogP contribution in [0.25, 0.3) is 0 Å². The maximum Gasteiger partial charge on any atom is 0.251 e. The topological polar surface area (TPSA) is 87.3 Å². The number of sulfonamides is 1. The lowest BCUT2D eigenvalue weighted by Crippen LogP contribution is -2.35. The molecule has 1 amide bonds. The van der Waals surface area contributed by atoms with Crippen molar-refractivity contribution in [3.63, 3.8) is 0 Å². The Morgan fingerprint density at radius 3 is 2.57 bits per heavy atom. The van der Waals surface area contributed by atoms with Gasteiger partial charge in [-0.1, -0.05) is 0 Å². The van der Waals surface area contributed by atoms with E-state index in [1.165, 1.54) is 31.3 Å². The van der Waals surface area contributed by atoms with Crippen molar-refractivity contribution < 1.29 is 13.2 Å². The largest absolute Gasteiger partial charge is 0.355 e. The molecule has 0 aromatic heterocycles. The molecule has 1 aliphatic rings. The summed E-state index contributed by atoms with van der Waals surface area (Å²) in [5, 5.41) is 5.75. The van der Waals surface area contributed by atoms with Crippen LogP contribution in [0.1, 0.15) is 29.6 Å². The van der Waals surface area contributed by atoms with E-state index in [-0.39, 0.29) is 16.8 Å². The molecule has 0 radical (unpaired) electrons. The molecule has 1 aromatic rings. The molecule has 1 aromatic carbocycles. The van der Waals surface area contributed by atoms with Crippen molar-refractivity contribution in [3.05, 3.63) is 29.8 Å². The van der Waals surface area contributed by atoms with Crippen LogP contribution in [0.15, 0.2) is 29.2 Å². The second kappa shape index (κ2) is 7.02. The van der Waals surface area contributed by atoms with E-state index in [1.54, 1.807) is 0 Å². The van der Waals surface area contributed by atoms with Crippen LogP contribution in [0.4, 0.5) is 0 Å². The quantitative estimate of drug-likeness (QED) is 0.754. The highest BCUT2D eigenvalue weighted by atomic mass is 32.2. The summed E-state index contributed by atoms with van der Waals surface area (Å²) in [5.41, 5.74) is 0.440. The number of hydrogen-bond acceptors (Lipinski definition) is 4.